The average molecular weight is 178 g/mol. The molecule has 0 radical (unpaired) electrons. The van der Waals surface area contributed by atoms with Crippen molar-refractivity contribution in [3.05, 3.63) is 12.2 Å². The topological polar surface area (TPSA) is 46.3 Å². The van der Waals surface area contributed by atoms with Gasteiger partial charge in [0.25, 0.3) is 0 Å². The number of terminal acetylenes is 1. The second-order valence-corrected chi connectivity index (χ2v) is 3.29. The lowest BCUT2D eigenvalue weighted by atomic mass is 10.1. The van der Waals surface area contributed by atoms with Crippen molar-refractivity contribution in [3.63, 3.8) is 0 Å². The SMILES string of the molecule is C#CCN(C)C(=O)C1C=CC(N)C1. The molecule has 3 nitrogen and oxygen atoms in total. The van der Waals surface area contributed by atoms with Crippen LogP contribution in [0, 0.1) is 18.3 Å². The van der Waals surface area contributed by atoms with Gasteiger partial charge in [-0.25, -0.2) is 0 Å². The average Bonchev–Trinajstić information content (AvgIpc) is 2.51. The van der Waals surface area contributed by atoms with E-state index in [4.69, 9.17) is 12.2 Å². The first-order valence-electron chi connectivity index (χ1n) is 4.27. The zero-order valence-corrected chi connectivity index (χ0v) is 7.73. The molecule has 0 fully saturated rings. The number of nitrogens with zero attached hydrogens (tertiary/aromatic N) is 1. The van der Waals surface area contributed by atoms with Crippen LogP contribution in [0.4, 0.5) is 0 Å². The maximum Gasteiger partial charge on any atom is 0.230 e. The molecule has 1 aliphatic rings. The van der Waals surface area contributed by atoms with Crippen molar-refractivity contribution in [2.45, 2.75) is 12.5 Å². The Labute approximate surface area is 78.6 Å². The Morgan fingerprint density at radius 2 is 2.46 bits per heavy atom. The molecule has 1 amide bonds. The van der Waals surface area contributed by atoms with Crippen LogP contribution in [0.1, 0.15) is 6.42 Å². The van der Waals surface area contributed by atoms with Gasteiger partial charge < -0.3 is 10.6 Å². The van der Waals surface area contributed by atoms with E-state index in [0.717, 1.165) is 0 Å². The summed E-state index contributed by atoms with van der Waals surface area (Å²) in [7, 11) is 1.71. The molecule has 0 heterocycles. The quantitative estimate of drug-likeness (QED) is 0.477. The monoisotopic (exact) mass is 178 g/mol. The van der Waals surface area contributed by atoms with E-state index in [1.165, 1.54) is 0 Å². The van der Waals surface area contributed by atoms with Crippen LogP contribution in [-0.4, -0.2) is 30.4 Å². The fourth-order valence-electron chi connectivity index (χ4n) is 1.41. The van der Waals surface area contributed by atoms with Crippen molar-refractivity contribution >= 4 is 5.91 Å². The van der Waals surface area contributed by atoms with Crippen LogP contribution in [-0.2, 0) is 4.79 Å². The predicted molar refractivity (Wildman–Crippen MR) is 51.7 cm³/mol. The van der Waals surface area contributed by atoms with E-state index in [1.54, 1.807) is 11.9 Å². The Balaban J connectivity index is 2.50. The number of hydrogen-bond donors (Lipinski definition) is 1. The fraction of sp³-hybridized carbons (Fsp3) is 0.500. The highest BCUT2D eigenvalue weighted by atomic mass is 16.2. The molecular formula is C10H14N2O. The zero-order valence-electron chi connectivity index (χ0n) is 7.73. The lowest BCUT2D eigenvalue weighted by Gasteiger charge is -2.17. The van der Waals surface area contributed by atoms with Gasteiger partial charge in [-0.3, -0.25) is 4.79 Å². The number of carbonyl (C=O) groups excluding carboxylic acids is 1. The Bertz CT molecular complexity index is 265. The molecular weight excluding hydrogens is 164 g/mol. The molecule has 0 aromatic carbocycles. The first-order valence-corrected chi connectivity index (χ1v) is 4.27. The number of hydrogen-bond acceptors (Lipinski definition) is 2. The van der Waals surface area contributed by atoms with Gasteiger partial charge in [-0.05, 0) is 6.42 Å². The van der Waals surface area contributed by atoms with Crippen molar-refractivity contribution in [3.8, 4) is 12.3 Å². The van der Waals surface area contributed by atoms with Gasteiger partial charge in [-0.1, -0.05) is 18.1 Å². The number of rotatable bonds is 2. The molecule has 1 rings (SSSR count). The van der Waals surface area contributed by atoms with Crippen molar-refractivity contribution < 1.29 is 4.79 Å². The minimum absolute atomic E-state index is 0.0215. The summed E-state index contributed by atoms with van der Waals surface area (Å²) in [6, 6.07) is 0.0215. The lowest BCUT2D eigenvalue weighted by molar-refractivity contribution is -0.132. The van der Waals surface area contributed by atoms with E-state index in [1.807, 2.05) is 12.2 Å². The van der Waals surface area contributed by atoms with Crippen molar-refractivity contribution in [1.29, 1.82) is 0 Å². The molecule has 0 spiro atoms. The minimum Gasteiger partial charge on any atom is -0.334 e. The normalized spacial score (nSPS) is 25.6. The van der Waals surface area contributed by atoms with Crippen molar-refractivity contribution in [2.75, 3.05) is 13.6 Å². The molecule has 70 valence electrons. The number of amides is 1. The molecule has 3 heteroatoms. The molecule has 2 atom stereocenters. The largest absolute Gasteiger partial charge is 0.334 e. The van der Waals surface area contributed by atoms with Crippen LogP contribution >= 0.6 is 0 Å². The first kappa shape index (κ1) is 9.82. The second-order valence-electron chi connectivity index (χ2n) is 3.29. The number of nitrogens with two attached hydrogens (primary N) is 1. The molecule has 2 unspecified atom stereocenters. The van der Waals surface area contributed by atoms with Crippen LogP contribution in [0.5, 0.6) is 0 Å². The Morgan fingerprint density at radius 1 is 1.77 bits per heavy atom. The highest BCUT2D eigenvalue weighted by molar-refractivity contribution is 5.81. The molecule has 0 bridgehead atoms. The Hall–Kier alpha value is -1.27. The first-order chi connectivity index (χ1) is 6.15. The second kappa shape index (κ2) is 4.11. The van der Waals surface area contributed by atoms with E-state index in [-0.39, 0.29) is 17.9 Å². The van der Waals surface area contributed by atoms with Gasteiger partial charge in [0, 0.05) is 13.1 Å². The lowest BCUT2D eigenvalue weighted by Crippen LogP contribution is -2.33. The minimum atomic E-state index is -0.0756. The maximum absolute atomic E-state index is 11.6. The van der Waals surface area contributed by atoms with Gasteiger partial charge in [0.1, 0.15) is 0 Å². The van der Waals surface area contributed by atoms with Gasteiger partial charge >= 0.3 is 0 Å². The van der Waals surface area contributed by atoms with E-state index in [0.29, 0.717) is 13.0 Å². The van der Waals surface area contributed by atoms with E-state index < -0.39 is 0 Å². The van der Waals surface area contributed by atoms with Crippen molar-refractivity contribution in [2.24, 2.45) is 11.7 Å². The third-order valence-corrected chi connectivity index (χ3v) is 2.14. The summed E-state index contributed by atoms with van der Waals surface area (Å²) in [5, 5.41) is 0. The molecule has 0 saturated heterocycles. The van der Waals surface area contributed by atoms with Gasteiger partial charge in [-0.2, -0.15) is 0 Å². The summed E-state index contributed by atoms with van der Waals surface area (Å²) < 4.78 is 0. The third kappa shape index (κ3) is 2.33. The summed E-state index contributed by atoms with van der Waals surface area (Å²) in [6.45, 7) is 0.360. The van der Waals surface area contributed by atoms with Gasteiger partial charge in [0.2, 0.25) is 5.91 Å². The summed E-state index contributed by atoms with van der Waals surface area (Å²) in [5.41, 5.74) is 5.64. The van der Waals surface area contributed by atoms with Crippen molar-refractivity contribution in [1.82, 2.24) is 4.90 Å². The molecule has 1 aliphatic carbocycles. The summed E-state index contributed by atoms with van der Waals surface area (Å²) in [6.07, 6.45) is 9.54. The molecule has 0 saturated carbocycles. The maximum atomic E-state index is 11.6. The molecule has 2 N–H and O–H groups in total. The summed E-state index contributed by atoms with van der Waals surface area (Å²) in [4.78, 5) is 13.2. The van der Waals surface area contributed by atoms with Crippen LogP contribution in [0.25, 0.3) is 0 Å². The standard InChI is InChI=1S/C10H14N2O/c1-3-6-12(2)10(13)8-4-5-9(11)7-8/h1,4-5,8-9H,6-7,11H2,2H3. The zero-order chi connectivity index (χ0) is 9.84. The van der Waals surface area contributed by atoms with Crippen LogP contribution in [0.3, 0.4) is 0 Å². The highest BCUT2D eigenvalue weighted by Crippen LogP contribution is 2.18. The van der Waals surface area contributed by atoms with Gasteiger partial charge in [0.15, 0.2) is 0 Å². The van der Waals surface area contributed by atoms with Crippen LogP contribution in [0.15, 0.2) is 12.2 Å². The van der Waals surface area contributed by atoms with Gasteiger partial charge in [-0.15, -0.1) is 6.42 Å². The molecule has 0 aromatic rings. The number of carbonyl (C=O) groups is 1. The summed E-state index contributed by atoms with van der Waals surface area (Å²) in [5.74, 6) is 2.41. The highest BCUT2D eigenvalue weighted by Gasteiger charge is 2.24. The van der Waals surface area contributed by atoms with E-state index >= 15 is 0 Å². The fourth-order valence-corrected chi connectivity index (χ4v) is 1.41. The molecule has 13 heavy (non-hydrogen) atoms. The van der Waals surface area contributed by atoms with Gasteiger partial charge in [0.05, 0.1) is 12.5 Å². The molecule has 0 aliphatic heterocycles. The van der Waals surface area contributed by atoms with Crippen LogP contribution in [0.2, 0.25) is 0 Å². The van der Waals surface area contributed by atoms with Crippen LogP contribution < -0.4 is 5.73 Å². The third-order valence-electron chi connectivity index (χ3n) is 2.14. The Morgan fingerprint density at radius 3 is 2.92 bits per heavy atom. The summed E-state index contributed by atoms with van der Waals surface area (Å²) >= 11 is 0. The van der Waals surface area contributed by atoms with E-state index in [9.17, 15) is 4.79 Å². The Kier molecular flexibility index (Phi) is 3.10. The predicted octanol–water partition coefficient (Wildman–Crippen LogP) is -0.0186. The van der Waals surface area contributed by atoms with E-state index in [2.05, 4.69) is 5.92 Å². The molecule has 0 aromatic heterocycles. The smallest absolute Gasteiger partial charge is 0.230 e.